The first-order valence-corrected chi connectivity index (χ1v) is 14.9. The molecule has 2 heterocycles. The lowest BCUT2D eigenvalue weighted by molar-refractivity contribution is 0.496. The Kier molecular flexibility index (Phi) is 4.85. The molecule has 5 aromatic rings. The van der Waals surface area contributed by atoms with Crippen molar-refractivity contribution in [1.82, 2.24) is 9.47 Å². The number of hydrogen-bond donors (Lipinski definition) is 0. The molecule has 1 aliphatic rings. The molecule has 0 saturated heterocycles. The number of nitrogens with zero attached hydrogens (tertiary/aromatic N) is 3. The number of benzene rings is 4. The van der Waals surface area contributed by atoms with Crippen molar-refractivity contribution in [2.75, 3.05) is 18.6 Å². The minimum Gasteiger partial charge on any atom is -0.361 e. The van der Waals surface area contributed by atoms with Gasteiger partial charge in [0.2, 0.25) is 0 Å². The monoisotopic (exact) mass is 459 g/mol. The van der Waals surface area contributed by atoms with E-state index in [1.807, 2.05) is 0 Å². The smallest absolute Gasteiger partial charge is 0.112 e. The molecule has 168 valence electrons. The standard InChI is InChI=1S/C30H29N3Si/c1-31-18-19-32(22-31)24-12-9-13-25(20-24)34(2,3)26-16-17-28-27-14-7-8-15-29(27)33(30(28)21-26)23-10-5-4-6-11-23/h4-21H,22H2,1-3H3. The van der Waals surface area contributed by atoms with E-state index in [0.29, 0.717) is 0 Å². The van der Waals surface area contributed by atoms with Gasteiger partial charge in [-0.2, -0.15) is 0 Å². The Morgan fingerprint density at radius 3 is 2.12 bits per heavy atom. The van der Waals surface area contributed by atoms with E-state index in [-0.39, 0.29) is 0 Å². The minimum absolute atomic E-state index is 0.897. The summed E-state index contributed by atoms with van der Waals surface area (Å²) in [6.45, 7) is 5.83. The summed E-state index contributed by atoms with van der Waals surface area (Å²) >= 11 is 0. The molecule has 0 spiro atoms. The van der Waals surface area contributed by atoms with Crippen molar-refractivity contribution in [1.29, 1.82) is 0 Å². The van der Waals surface area contributed by atoms with Gasteiger partial charge in [0, 0.05) is 41.6 Å². The van der Waals surface area contributed by atoms with Gasteiger partial charge in [0.25, 0.3) is 0 Å². The molecule has 0 saturated carbocycles. The zero-order chi connectivity index (χ0) is 23.3. The lowest BCUT2D eigenvalue weighted by Gasteiger charge is -2.26. The van der Waals surface area contributed by atoms with Crippen LogP contribution in [0.4, 0.5) is 5.69 Å². The van der Waals surface area contributed by atoms with Crippen molar-refractivity contribution in [3.63, 3.8) is 0 Å². The van der Waals surface area contributed by atoms with Crippen LogP contribution in [0.3, 0.4) is 0 Å². The van der Waals surface area contributed by atoms with E-state index in [9.17, 15) is 0 Å². The zero-order valence-corrected chi connectivity index (χ0v) is 20.9. The fourth-order valence-electron chi connectivity index (χ4n) is 5.15. The van der Waals surface area contributed by atoms with Crippen LogP contribution in [0, 0.1) is 0 Å². The average Bonchev–Trinajstić information content (AvgIpc) is 3.45. The Bertz CT molecular complexity index is 1530. The summed E-state index contributed by atoms with van der Waals surface area (Å²) in [5.74, 6) is 0. The van der Waals surface area contributed by atoms with Gasteiger partial charge in [-0.25, -0.2) is 0 Å². The van der Waals surface area contributed by atoms with Gasteiger partial charge >= 0.3 is 0 Å². The van der Waals surface area contributed by atoms with Gasteiger partial charge in [-0.3, -0.25) is 0 Å². The van der Waals surface area contributed by atoms with Crippen LogP contribution in [0.2, 0.25) is 13.1 Å². The van der Waals surface area contributed by atoms with E-state index in [0.717, 1.165) is 6.67 Å². The number of anilines is 1. The SMILES string of the molecule is CN1C=CN(c2cccc([Si](C)(C)c3ccc4c5ccccc5n(-c5ccccc5)c4c3)c2)C1. The summed E-state index contributed by atoms with van der Waals surface area (Å²) in [5, 5.41) is 5.52. The van der Waals surface area contributed by atoms with Gasteiger partial charge in [-0.1, -0.05) is 84.1 Å². The molecule has 34 heavy (non-hydrogen) atoms. The van der Waals surface area contributed by atoms with Gasteiger partial charge in [0.05, 0.1) is 17.7 Å². The number of fused-ring (bicyclic) bond motifs is 3. The van der Waals surface area contributed by atoms with Crippen LogP contribution in [0.15, 0.2) is 109 Å². The first-order chi connectivity index (χ1) is 16.5. The van der Waals surface area contributed by atoms with E-state index in [2.05, 4.69) is 144 Å². The van der Waals surface area contributed by atoms with Gasteiger partial charge in [-0.05, 0) is 36.4 Å². The predicted molar refractivity (Wildman–Crippen MR) is 148 cm³/mol. The maximum atomic E-state index is 2.47. The maximum Gasteiger partial charge on any atom is 0.112 e. The molecule has 0 atom stereocenters. The van der Waals surface area contributed by atoms with Crippen molar-refractivity contribution >= 4 is 45.9 Å². The normalized spacial score (nSPS) is 14.0. The highest BCUT2D eigenvalue weighted by molar-refractivity contribution is 7.00. The highest BCUT2D eigenvalue weighted by Crippen LogP contribution is 2.31. The van der Waals surface area contributed by atoms with E-state index < -0.39 is 8.07 Å². The molecule has 0 unspecified atom stereocenters. The first kappa shape index (κ1) is 20.8. The Labute approximate surface area is 202 Å². The second kappa shape index (κ2) is 7.92. The van der Waals surface area contributed by atoms with Crippen molar-refractivity contribution in [3.8, 4) is 5.69 Å². The van der Waals surface area contributed by atoms with Gasteiger partial charge < -0.3 is 14.4 Å². The number of para-hydroxylation sites is 2. The summed E-state index contributed by atoms with van der Waals surface area (Å²) in [5.41, 5.74) is 5.01. The third-order valence-corrected chi connectivity index (χ3v) is 10.7. The molecule has 0 bridgehead atoms. The fourth-order valence-corrected chi connectivity index (χ4v) is 7.50. The lowest BCUT2D eigenvalue weighted by Crippen LogP contribution is -2.53. The molecular formula is C30H29N3Si. The maximum absolute atomic E-state index is 2.47. The van der Waals surface area contributed by atoms with Crippen LogP contribution in [-0.4, -0.2) is 31.3 Å². The van der Waals surface area contributed by atoms with Crippen LogP contribution in [0.25, 0.3) is 27.5 Å². The number of aromatic nitrogens is 1. The lowest BCUT2D eigenvalue weighted by atomic mass is 10.1. The van der Waals surface area contributed by atoms with Gasteiger partial charge in [-0.15, -0.1) is 0 Å². The average molecular weight is 460 g/mol. The topological polar surface area (TPSA) is 11.4 Å². The number of hydrogen-bond acceptors (Lipinski definition) is 2. The molecule has 0 aliphatic carbocycles. The predicted octanol–water partition coefficient (Wildman–Crippen LogP) is 5.79. The summed E-state index contributed by atoms with van der Waals surface area (Å²) in [7, 11) is 0.189. The summed E-state index contributed by atoms with van der Waals surface area (Å²) in [4.78, 5) is 4.51. The second-order valence-corrected chi connectivity index (χ2v) is 14.2. The van der Waals surface area contributed by atoms with E-state index in [4.69, 9.17) is 0 Å². The van der Waals surface area contributed by atoms with Crippen LogP contribution < -0.4 is 15.3 Å². The summed E-state index contributed by atoms with van der Waals surface area (Å²) < 4.78 is 2.42. The molecule has 3 nitrogen and oxygen atoms in total. The van der Waals surface area contributed by atoms with Crippen molar-refractivity contribution < 1.29 is 0 Å². The zero-order valence-electron chi connectivity index (χ0n) is 19.9. The molecule has 0 radical (unpaired) electrons. The van der Waals surface area contributed by atoms with Gasteiger partial charge in [0.15, 0.2) is 0 Å². The van der Waals surface area contributed by atoms with Crippen molar-refractivity contribution in [3.05, 3.63) is 109 Å². The second-order valence-electron chi connectivity index (χ2n) is 9.76. The molecule has 4 heteroatoms. The van der Waals surface area contributed by atoms with E-state index in [1.54, 1.807) is 0 Å². The molecule has 0 fully saturated rings. The molecule has 6 rings (SSSR count). The Morgan fingerprint density at radius 1 is 0.618 bits per heavy atom. The highest BCUT2D eigenvalue weighted by Gasteiger charge is 2.28. The van der Waals surface area contributed by atoms with Crippen LogP contribution in [0.1, 0.15) is 0 Å². The van der Waals surface area contributed by atoms with Gasteiger partial charge in [0.1, 0.15) is 8.07 Å². The molecule has 1 aromatic heterocycles. The van der Waals surface area contributed by atoms with Crippen LogP contribution >= 0.6 is 0 Å². The molecular weight excluding hydrogens is 430 g/mol. The number of rotatable bonds is 4. The molecule has 0 N–H and O–H groups in total. The Morgan fingerprint density at radius 2 is 1.32 bits per heavy atom. The fraction of sp³-hybridized carbons (Fsp3) is 0.133. The molecule has 0 amide bonds. The Balaban J connectivity index is 1.51. The van der Waals surface area contributed by atoms with Crippen molar-refractivity contribution in [2.45, 2.75) is 13.1 Å². The van der Waals surface area contributed by atoms with Crippen LogP contribution in [0.5, 0.6) is 0 Å². The van der Waals surface area contributed by atoms with Crippen molar-refractivity contribution in [2.24, 2.45) is 0 Å². The highest BCUT2D eigenvalue weighted by atomic mass is 28.3. The molecule has 1 aliphatic heterocycles. The largest absolute Gasteiger partial charge is 0.361 e. The minimum atomic E-state index is -1.92. The van der Waals surface area contributed by atoms with E-state index >= 15 is 0 Å². The van der Waals surface area contributed by atoms with E-state index in [1.165, 1.54) is 43.6 Å². The third-order valence-electron chi connectivity index (χ3n) is 7.19. The third kappa shape index (κ3) is 3.34. The molecule has 4 aromatic carbocycles. The first-order valence-electron chi connectivity index (χ1n) is 11.9. The van der Waals surface area contributed by atoms with Crippen LogP contribution in [-0.2, 0) is 0 Å². The Hall–Kier alpha value is -3.76. The summed E-state index contributed by atoms with van der Waals surface area (Å²) in [6, 6.07) is 35.8. The quantitative estimate of drug-likeness (QED) is 0.315. The summed E-state index contributed by atoms with van der Waals surface area (Å²) in [6.07, 6.45) is 4.30.